The summed E-state index contributed by atoms with van der Waals surface area (Å²) in [6.07, 6.45) is -6.24. The summed E-state index contributed by atoms with van der Waals surface area (Å²) < 4.78 is 5.60. The zero-order valence-electron chi connectivity index (χ0n) is 18.2. The Balaban J connectivity index is 1.73. The first-order chi connectivity index (χ1) is 15.8. The Morgan fingerprint density at radius 1 is 0.788 bits per heavy atom. The van der Waals surface area contributed by atoms with E-state index in [0.717, 1.165) is 5.56 Å². The molecule has 0 aromatic heterocycles. The summed E-state index contributed by atoms with van der Waals surface area (Å²) >= 11 is 0. The molecule has 0 radical (unpaired) electrons. The van der Waals surface area contributed by atoms with Crippen molar-refractivity contribution in [1.82, 2.24) is 0 Å². The quantitative estimate of drug-likeness (QED) is 0.357. The van der Waals surface area contributed by atoms with Crippen LogP contribution in [-0.4, -0.2) is 61.3 Å². The van der Waals surface area contributed by atoms with Crippen molar-refractivity contribution in [3.05, 3.63) is 108 Å². The average Bonchev–Trinajstić information content (AvgIpc) is 3.05. The van der Waals surface area contributed by atoms with Gasteiger partial charge in [0.05, 0.1) is 6.10 Å². The molecule has 4 rings (SSSR count). The van der Waals surface area contributed by atoms with Crippen LogP contribution in [0.2, 0.25) is 0 Å². The van der Waals surface area contributed by atoms with Crippen molar-refractivity contribution in [3.8, 4) is 0 Å². The second-order valence-electron chi connectivity index (χ2n) is 8.86. The zero-order valence-corrected chi connectivity index (χ0v) is 18.2. The van der Waals surface area contributed by atoms with Gasteiger partial charge in [-0.15, -0.1) is 0 Å². The Morgan fingerprint density at radius 2 is 1.27 bits per heavy atom. The number of rotatable bonds is 8. The SMILES string of the molecule is OC1O[C@H]([C@@](O)(Cc2ccccc2)C(O)Cc2ccccc2)[C@@](O)(Cc2ccccc2)[C@H]1O. The highest BCUT2D eigenvalue weighted by Gasteiger charge is 2.63. The number of benzene rings is 3. The van der Waals surface area contributed by atoms with Crippen molar-refractivity contribution in [2.45, 2.75) is 55.1 Å². The third kappa shape index (κ3) is 4.87. The molecule has 0 spiro atoms. The van der Waals surface area contributed by atoms with Crippen molar-refractivity contribution in [3.63, 3.8) is 0 Å². The molecule has 3 aromatic carbocycles. The predicted octanol–water partition coefficient (Wildman–Crippen LogP) is 1.62. The predicted molar refractivity (Wildman–Crippen MR) is 123 cm³/mol. The Kier molecular flexibility index (Phi) is 6.95. The maximum absolute atomic E-state index is 12.0. The second kappa shape index (κ2) is 9.73. The highest BCUT2D eigenvalue weighted by atomic mass is 16.7. The van der Waals surface area contributed by atoms with Gasteiger partial charge in [-0.05, 0) is 16.7 Å². The Morgan fingerprint density at radius 3 is 1.82 bits per heavy atom. The number of aliphatic hydroxyl groups excluding tert-OH is 3. The summed E-state index contributed by atoms with van der Waals surface area (Å²) in [6.45, 7) is 0. The van der Waals surface area contributed by atoms with Gasteiger partial charge in [-0.25, -0.2) is 0 Å². The summed E-state index contributed by atoms with van der Waals surface area (Å²) in [5, 5.41) is 56.1. The molecule has 1 heterocycles. The van der Waals surface area contributed by atoms with Crippen LogP contribution in [0.25, 0.3) is 0 Å². The van der Waals surface area contributed by atoms with Gasteiger partial charge in [0.25, 0.3) is 0 Å². The molecule has 33 heavy (non-hydrogen) atoms. The molecule has 6 atom stereocenters. The van der Waals surface area contributed by atoms with E-state index in [9.17, 15) is 25.5 Å². The van der Waals surface area contributed by atoms with Gasteiger partial charge in [0.2, 0.25) is 0 Å². The first kappa shape index (κ1) is 23.6. The van der Waals surface area contributed by atoms with E-state index in [0.29, 0.717) is 11.1 Å². The number of hydrogen-bond donors (Lipinski definition) is 5. The lowest BCUT2D eigenvalue weighted by Crippen LogP contribution is -2.65. The molecular formula is C27H30O6. The molecule has 0 aliphatic carbocycles. The van der Waals surface area contributed by atoms with Gasteiger partial charge in [-0.2, -0.15) is 0 Å². The van der Waals surface area contributed by atoms with Crippen LogP contribution in [0.15, 0.2) is 91.0 Å². The zero-order chi connectivity index (χ0) is 23.5. The van der Waals surface area contributed by atoms with Crippen LogP contribution in [0, 0.1) is 0 Å². The van der Waals surface area contributed by atoms with Gasteiger partial charge in [0.15, 0.2) is 6.29 Å². The molecule has 1 aliphatic rings. The monoisotopic (exact) mass is 450 g/mol. The fraction of sp³-hybridized carbons (Fsp3) is 0.333. The molecule has 3 aromatic rings. The maximum Gasteiger partial charge on any atom is 0.184 e. The van der Waals surface area contributed by atoms with Crippen LogP contribution < -0.4 is 0 Å². The minimum Gasteiger partial charge on any atom is -0.390 e. The van der Waals surface area contributed by atoms with E-state index in [2.05, 4.69) is 0 Å². The van der Waals surface area contributed by atoms with Crippen molar-refractivity contribution < 1.29 is 30.3 Å². The molecule has 5 N–H and O–H groups in total. The van der Waals surface area contributed by atoms with Crippen LogP contribution in [0.3, 0.4) is 0 Å². The van der Waals surface area contributed by atoms with E-state index < -0.39 is 35.8 Å². The van der Waals surface area contributed by atoms with Crippen LogP contribution in [0.5, 0.6) is 0 Å². The van der Waals surface area contributed by atoms with Crippen LogP contribution in [-0.2, 0) is 24.0 Å². The van der Waals surface area contributed by atoms with E-state index in [1.165, 1.54) is 0 Å². The summed E-state index contributed by atoms with van der Waals surface area (Å²) in [5.74, 6) is 0. The third-order valence-corrected chi connectivity index (χ3v) is 6.47. The standard InChI is InChI=1S/C27H30O6/c28-22(16-19-10-4-1-5-11-19)26(31,17-20-12-6-2-7-13-20)25-27(32,23(29)24(30)33-25)18-21-14-8-3-9-15-21/h1-15,22-25,28-32H,16-18H2/t22?,23-,24?,25+,26+,27+/m0/s1. The van der Waals surface area contributed by atoms with Gasteiger partial charge in [-0.1, -0.05) is 91.0 Å². The summed E-state index contributed by atoms with van der Waals surface area (Å²) in [4.78, 5) is 0. The highest BCUT2D eigenvalue weighted by molar-refractivity contribution is 5.26. The molecule has 0 amide bonds. The van der Waals surface area contributed by atoms with Gasteiger partial charge in [-0.3, -0.25) is 0 Å². The van der Waals surface area contributed by atoms with Crippen molar-refractivity contribution in [1.29, 1.82) is 0 Å². The highest BCUT2D eigenvalue weighted by Crippen LogP contribution is 2.42. The Labute approximate surface area is 193 Å². The minimum absolute atomic E-state index is 0.0525. The molecule has 0 saturated carbocycles. The molecule has 174 valence electrons. The smallest absolute Gasteiger partial charge is 0.184 e. The van der Waals surface area contributed by atoms with Crippen LogP contribution in [0.4, 0.5) is 0 Å². The minimum atomic E-state index is -2.04. The topological polar surface area (TPSA) is 110 Å². The largest absolute Gasteiger partial charge is 0.390 e. The van der Waals surface area contributed by atoms with E-state index in [1.807, 2.05) is 54.6 Å². The Hall–Kier alpha value is -2.58. The van der Waals surface area contributed by atoms with E-state index in [-0.39, 0.29) is 19.3 Å². The molecule has 6 nitrogen and oxygen atoms in total. The van der Waals surface area contributed by atoms with E-state index in [1.54, 1.807) is 36.4 Å². The fourth-order valence-electron chi connectivity index (χ4n) is 4.73. The van der Waals surface area contributed by atoms with Gasteiger partial charge in [0, 0.05) is 19.3 Å². The maximum atomic E-state index is 12.0. The normalized spacial score (nSPS) is 27.7. The van der Waals surface area contributed by atoms with Gasteiger partial charge in [0.1, 0.15) is 23.4 Å². The number of hydrogen-bond acceptors (Lipinski definition) is 6. The molecule has 1 fully saturated rings. The van der Waals surface area contributed by atoms with Crippen molar-refractivity contribution >= 4 is 0 Å². The lowest BCUT2D eigenvalue weighted by atomic mass is 9.72. The van der Waals surface area contributed by atoms with E-state index in [4.69, 9.17) is 4.74 Å². The molecule has 1 saturated heterocycles. The first-order valence-electron chi connectivity index (χ1n) is 11.1. The molecular weight excluding hydrogens is 420 g/mol. The van der Waals surface area contributed by atoms with Crippen molar-refractivity contribution in [2.75, 3.05) is 0 Å². The second-order valence-corrected chi connectivity index (χ2v) is 8.86. The summed E-state index contributed by atoms with van der Waals surface area (Å²) in [6, 6.07) is 27.3. The molecule has 2 unspecified atom stereocenters. The summed E-state index contributed by atoms with van der Waals surface area (Å²) in [5.41, 5.74) is -1.85. The number of ether oxygens (including phenoxy) is 1. The average molecular weight is 451 g/mol. The molecule has 0 bridgehead atoms. The van der Waals surface area contributed by atoms with E-state index >= 15 is 0 Å². The van der Waals surface area contributed by atoms with Crippen LogP contribution in [0.1, 0.15) is 16.7 Å². The van der Waals surface area contributed by atoms with Crippen LogP contribution >= 0.6 is 0 Å². The van der Waals surface area contributed by atoms with Gasteiger partial charge >= 0.3 is 0 Å². The van der Waals surface area contributed by atoms with Gasteiger partial charge < -0.3 is 30.3 Å². The lowest BCUT2D eigenvalue weighted by Gasteiger charge is -2.44. The molecule has 6 heteroatoms. The third-order valence-electron chi connectivity index (χ3n) is 6.47. The Bertz CT molecular complexity index is 1010. The molecule has 1 aliphatic heterocycles. The summed E-state index contributed by atoms with van der Waals surface area (Å²) in [7, 11) is 0. The fourth-order valence-corrected chi connectivity index (χ4v) is 4.73. The number of aliphatic hydroxyl groups is 5. The van der Waals surface area contributed by atoms with Crippen molar-refractivity contribution in [2.24, 2.45) is 0 Å². The lowest BCUT2D eigenvalue weighted by molar-refractivity contribution is -0.217. The first-order valence-corrected chi connectivity index (χ1v) is 11.1.